The van der Waals surface area contributed by atoms with Crippen molar-refractivity contribution in [1.29, 1.82) is 0 Å². The Hall–Kier alpha value is -1.35. The van der Waals surface area contributed by atoms with Gasteiger partial charge in [-0.15, -0.1) is 10.2 Å². The van der Waals surface area contributed by atoms with Crippen LogP contribution in [0.2, 0.25) is 15.5 Å². The molecule has 0 aliphatic carbocycles. The summed E-state index contributed by atoms with van der Waals surface area (Å²) in [5.41, 5.74) is 0.610. The van der Waals surface area contributed by atoms with E-state index >= 15 is 0 Å². The fourth-order valence-corrected chi connectivity index (χ4v) is 2.41. The van der Waals surface area contributed by atoms with Gasteiger partial charge in [0.05, 0.1) is 17.6 Å². The highest BCUT2D eigenvalue weighted by atomic mass is 35.5. The normalized spacial score (nSPS) is 11.2. The molecule has 7 nitrogen and oxygen atoms in total. The lowest BCUT2D eigenvalue weighted by Crippen LogP contribution is -2.11. The molecule has 2 N–H and O–H groups in total. The average molecular weight is 369 g/mol. The molecule has 0 saturated heterocycles. The number of hydrogen-bond acceptors (Lipinski definition) is 6. The zero-order valence-electron chi connectivity index (χ0n) is 10.4. The molecule has 1 aromatic carbocycles. The van der Waals surface area contributed by atoms with Crippen LogP contribution in [0.25, 0.3) is 0 Å². The first kappa shape index (κ1) is 16.0. The largest absolute Gasteiger partial charge is 0.336 e. The van der Waals surface area contributed by atoms with E-state index in [-0.39, 0.29) is 21.9 Å². The summed E-state index contributed by atoms with van der Waals surface area (Å²) in [6.45, 7) is 0. The second kappa shape index (κ2) is 6.18. The lowest BCUT2D eigenvalue weighted by Gasteiger charge is -2.13. The molecule has 0 unspecified atom stereocenters. The van der Waals surface area contributed by atoms with Gasteiger partial charge in [0.15, 0.2) is 11.0 Å². The van der Waals surface area contributed by atoms with E-state index in [1.54, 1.807) is 0 Å². The second-order valence-corrected chi connectivity index (χ2v) is 6.79. The van der Waals surface area contributed by atoms with Crippen molar-refractivity contribution in [2.75, 3.05) is 16.3 Å². The number of sulfonamides is 1. The SMILES string of the molecule is CS(=O)(=O)Nc1ccc(Cl)cc1Nc1nc(Cl)nnc1Cl. The Balaban J connectivity index is 2.43. The number of nitrogens with one attached hydrogen (secondary N) is 2. The van der Waals surface area contributed by atoms with Gasteiger partial charge in [0, 0.05) is 5.02 Å². The summed E-state index contributed by atoms with van der Waals surface area (Å²) < 4.78 is 25.1. The first-order chi connectivity index (χ1) is 9.74. The molecule has 11 heteroatoms. The molecule has 0 amide bonds. The Bertz CT molecular complexity index is 784. The van der Waals surface area contributed by atoms with Crippen molar-refractivity contribution in [3.63, 3.8) is 0 Å². The Kier molecular flexibility index (Phi) is 4.72. The first-order valence-corrected chi connectivity index (χ1v) is 8.37. The molecule has 0 bridgehead atoms. The van der Waals surface area contributed by atoms with Crippen LogP contribution in [0.5, 0.6) is 0 Å². The number of aromatic nitrogens is 3. The third-order valence-electron chi connectivity index (χ3n) is 2.15. The van der Waals surface area contributed by atoms with Gasteiger partial charge in [-0.1, -0.05) is 23.2 Å². The number of benzene rings is 1. The Morgan fingerprint density at radius 3 is 2.48 bits per heavy atom. The molecule has 2 rings (SSSR count). The van der Waals surface area contributed by atoms with E-state index < -0.39 is 10.0 Å². The van der Waals surface area contributed by atoms with E-state index in [1.807, 2.05) is 0 Å². The highest BCUT2D eigenvalue weighted by molar-refractivity contribution is 7.92. The highest BCUT2D eigenvalue weighted by Crippen LogP contribution is 2.30. The number of rotatable bonds is 4. The van der Waals surface area contributed by atoms with E-state index in [4.69, 9.17) is 34.8 Å². The van der Waals surface area contributed by atoms with Crippen molar-refractivity contribution in [1.82, 2.24) is 15.2 Å². The van der Waals surface area contributed by atoms with Crippen LogP contribution in [0.1, 0.15) is 0 Å². The van der Waals surface area contributed by atoms with Crippen LogP contribution in [0, 0.1) is 0 Å². The minimum atomic E-state index is -3.46. The van der Waals surface area contributed by atoms with Gasteiger partial charge in [-0.2, -0.15) is 4.98 Å². The van der Waals surface area contributed by atoms with Gasteiger partial charge in [-0.25, -0.2) is 8.42 Å². The summed E-state index contributed by atoms with van der Waals surface area (Å²) in [4.78, 5) is 3.86. The van der Waals surface area contributed by atoms with E-state index in [1.165, 1.54) is 18.2 Å². The maximum atomic E-state index is 11.4. The van der Waals surface area contributed by atoms with Crippen LogP contribution in [0.15, 0.2) is 18.2 Å². The average Bonchev–Trinajstić information content (AvgIpc) is 2.36. The molecule has 112 valence electrons. The van der Waals surface area contributed by atoms with Gasteiger partial charge in [-0.3, -0.25) is 4.72 Å². The smallest absolute Gasteiger partial charge is 0.245 e. The predicted octanol–water partition coefficient (Wildman–Crippen LogP) is 2.95. The molecule has 0 saturated carbocycles. The second-order valence-electron chi connectivity index (χ2n) is 3.91. The monoisotopic (exact) mass is 367 g/mol. The summed E-state index contributed by atoms with van der Waals surface area (Å²) in [7, 11) is -3.46. The Morgan fingerprint density at radius 2 is 1.81 bits per heavy atom. The van der Waals surface area contributed by atoms with Crippen molar-refractivity contribution in [3.8, 4) is 0 Å². The van der Waals surface area contributed by atoms with Crippen molar-refractivity contribution in [2.24, 2.45) is 0 Å². The third-order valence-corrected chi connectivity index (χ3v) is 3.39. The quantitative estimate of drug-likeness (QED) is 0.861. The molecule has 1 heterocycles. The Labute approximate surface area is 135 Å². The molecular weight excluding hydrogens is 361 g/mol. The van der Waals surface area contributed by atoms with Crippen LogP contribution in [0.4, 0.5) is 17.2 Å². The Morgan fingerprint density at radius 1 is 1.10 bits per heavy atom. The van der Waals surface area contributed by atoms with Gasteiger partial charge in [0.25, 0.3) is 0 Å². The molecule has 2 aromatic rings. The molecule has 0 radical (unpaired) electrons. The van der Waals surface area contributed by atoms with E-state index in [0.717, 1.165) is 6.26 Å². The van der Waals surface area contributed by atoms with Crippen LogP contribution in [-0.2, 0) is 10.0 Å². The fourth-order valence-electron chi connectivity index (χ4n) is 1.41. The van der Waals surface area contributed by atoms with Gasteiger partial charge < -0.3 is 5.32 Å². The summed E-state index contributed by atoms with van der Waals surface area (Å²) in [6, 6.07) is 4.53. The third kappa shape index (κ3) is 4.57. The van der Waals surface area contributed by atoms with E-state index in [2.05, 4.69) is 25.2 Å². The maximum Gasteiger partial charge on any atom is 0.245 e. The van der Waals surface area contributed by atoms with Crippen molar-refractivity contribution in [2.45, 2.75) is 0 Å². The molecule has 0 atom stereocenters. The van der Waals surface area contributed by atoms with E-state index in [0.29, 0.717) is 10.7 Å². The first-order valence-electron chi connectivity index (χ1n) is 5.35. The minimum Gasteiger partial charge on any atom is -0.336 e. The van der Waals surface area contributed by atoms with E-state index in [9.17, 15) is 8.42 Å². The molecular formula is C10H8Cl3N5O2S. The summed E-state index contributed by atoms with van der Waals surface area (Å²) in [6.07, 6.45) is 1.03. The molecule has 1 aromatic heterocycles. The number of anilines is 3. The van der Waals surface area contributed by atoms with Crippen LogP contribution in [0.3, 0.4) is 0 Å². The van der Waals surface area contributed by atoms with Crippen LogP contribution < -0.4 is 10.0 Å². The summed E-state index contributed by atoms with van der Waals surface area (Å²) >= 11 is 17.4. The zero-order chi connectivity index (χ0) is 15.6. The maximum absolute atomic E-state index is 11.4. The predicted molar refractivity (Wildman–Crippen MR) is 83.0 cm³/mol. The standard InChI is InChI=1S/C10H8Cl3N5O2S/c1-21(19,20)18-6-3-2-5(11)4-7(6)14-9-8(12)16-17-10(13)15-9/h2-4,18H,1H3,(H,14,15,17). The number of halogens is 3. The van der Waals surface area contributed by atoms with Gasteiger partial charge in [0.2, 0.25) is 15.3 Å². The van der Waals surface area contributed by atoms with Gasteiger partial charge >= 0.3 is 0 Å². The molecule has 0 aliphatic rings. The molecule has 0 aliphatic heterocycles. The van der Waals surface area contributed by atoms with Crippen LogP contribution in [-0.4, -0.2) is 29.9 Å². The number of nitrogens with zero attached hydrogens (tertiary/aromatic N) is 3. The minimum absolute atomic E-state index is 0.0234. The molecule has 0 spiro atoms. The summed E-state index contributed by atoms with van der Waals surface area (Å²) in [5.74, 6) is 0.121. The summed E-state index contributed by atoms with van der Waals surface area (Å²) in [5, 5.41) is 10.1. The fraction of sp³-hybridized carbons (Fsp3) is 0.100. The zero-order valence-corrected chi connectivity index (χ0v) is 13.5. The van der Waals surface area contributed by atoms with Crippen LogP contribution >= 0.6 is 34.8 Å². The lowest BCUT2D eigenvalue weighted by atomic mass is 10.2. The van der Waals surface area contributed by atoms with Crippen molar-refractivity contribution in [3.05, 3.63) is 33.7 Å². The van der Waals surface area contributed by atoms with Gasteiger partial charge in [0.1, 0.15) is 0 Å². The lowest BCUT2D eigenvalue weighted by molar-refractivity contribution is 0.607. The number of hydrogen-bond donors (Lipinski definition) is 2. The molecule has 0 fully saturated rings. The van der Waals surface area contributed by atoms with Crippen molar-refractivity contribution < 1.29 is 8.42 Å². The van der Waals surface area contributed by atoms with Gasteiger partial charge in [-0.05, 0) is 29.8 Å². The topological polar surface area (TPSA) is 96.9 Å². The molecule has 21 heavy (non-hydrogen) atoms. The highest BCUT2D eigenvalue weighted by Gasteiger charge is 2.12. The van der Waals surface area contributed by atoms with Crippen molar-refractivity contribution >= 4 is 62.0 Å².